The first-order valence-electron chi connectivity index (χ1n) is 5.85. The molecular formula is C13H12N2O4. The van der Waals surface area contributed by atoms with Crippen molar-refractivity contribution in [3.05, 3.63) is 46.0 Å². The van der Waals surface area contributed by atoms with Crippen LogP contribution in [0.1, 0.15) is 18.4 Å². The summed E-state index contributed by atoms with van der Waals surface area (Å²) in [5, 5.41) is 10.8. The van der Waals surface area contributed by atoms with Crippen LogP contribution in [0, 0.1) is 10.1 Å². The number of benzene rings is 1. The number of carbonyl (C=O) groups is 2. The fourth-order valence-corrected chi connectivity index (χ4v) is 1.93. The number of imide groups is 1. The van der Waals surface area contributed by atoms with E-state index in [1.807, 2.05) is 0 Å². The van der Waals surface area contributed by atoms with E-state index in [2.05, 4.69) is 0 Å². The molecule has 19 heavy (non-hydrogen) atoms. The third-order valence-corrected chi connectivity index (χ3v) is 2.88. The normalized spacial score (nSPS) is 15.2. The van der Waals surface area contributed by atoms with Crippen LogP contribution < -0.4 is 0 Å². The van der Waals surface area contributed by atoms with Crippen LogP contribution in [0.25, 0.3) is 6.08 Å². The molecule has 0 N–H and O–H groups in total. The molecule has 1 aliphatic rings. The summed E-state index contributed by atoms with van der Waals surface area (Å²) in [7, 11) is 0. The second-order valence-corrected chi connectivity index (χ2v) is 4.14. The Labute approximate surface area is 109 Å². The van der Waals surface area contributed by atoms with Crippen molar-refractivity contribution in [1.82, 2.24) is 4.90 Å². The van der Waals surface area contributed by atoms with Crippen molar-refractivity contribution in [3.63, 3.8) is 0 Å². The van der Waals surface area contributed by atoms with E-state index in [1.54, 1.807) is 18.2 Å². The number of nitrogens with zero attached hydrogens (tertiary/aromatic N) is 2. The smallest absolute Gasteiger partial charge is 0.276 e. The molecule has 0 bridgehead atoms. The van der Waals surface area contributed by atoms with Gasteiger partial charge in [-0.05, 0) is 18.6 Å². The topological polar surface area (TPSA) is 80.5 Å². The van der Waals surface area contributed by atoms with Crippen molar-refractivity contribution in [1.29, 1.82) is 0 Å². The van der Waals surface area contributed by atoms with E-state index < -0.39 is 10.8 Å². The molecule has 6 heteroatoms. The van der Waals surface area contributed by atoms with Gasteiger partial charge in [0.15, 0.2) is 0 Å². The van der Waals surface area contributed by atoms with Crippen molar-refractivity contribution >= 4 is 23.6 Å². The van der Waals surface area contributed by atoms with Gasteiger partial charge in [0.1, 0.15) is 0 Å². The summed E-state index contributed by atoms with van der Waals surface area (Å²) in [6.45, 7) is 0.416. The number of nitro benzene ring substituents is 1. The number of carbonyl (C=O) groups excluding carboxylic acids is 2. The number of amides is 2. The Morgan fingerprint density at radius 3 is 2.74 bits per heavy atom. The molecule has 0 atom stereocenters. The highest BCUT2D eigenvalue weighted by atomic mass is 16.6. The van der Waals surface area contributed by atoms with E-state index in [9.17, 15) is 19.7 Å². The third kappa shape index (κ3) is 2.85. The Morgan fingerprint density at radius 1 is 1.37 bits per heavy atom. The summed E-state index contributed by atoms with van der Waals surface area (Å²) in [5.74, 6) is -0.627. The van der Waals surface area contributed by atoms with E-state index in [1.165, 1.54) is 18.2 Å². The van der Waals surface area contributed by atoms with E-state index >= 15 is 0 Å². The lowest BCUT2D eigenvalue weighted by Crippen LogP contribution is -2.30. The SMILES string of the molecule is O=C(C=Cc1ccccc1[N+](=O)[O-])N1CCCC1=O. The fraction of sp³-hybridized carbons (Fsp3) is 0.231. The van der Waals surface area contributed by atoms with Crippen molar-refractivity contribution < 1.29 is 14.5 Å². The van der Waals surface area contributed by atoms with Gasteiger partial charge in [0.05, 0.1) is 10.5 Å². The van der Waals surface area contributed by atoms with Crippen molar-refractivity contribution in [2.45, 2.75) is 12.8 Å². The molecule has 98 valence electrons. The average molecular weight is 260 g/mol. The fourth-order valence-electron chi connectivity index (χ4n) is 1.93. The van der Waals surface area contributed by atoms with Gasteiger partial charge >= 0.3 is 0 Å². The quantitative estimate of drug-likeness (QED) is 0.471. The molecule has 0 unspecified atom stereocenters. The number of nitro groups is 1. The lowest BCUT2D eigenvalue weighted by atomic mass is 10.1. The number of rotatable bonds is 3. The summed E-state index contributed by atoms with van der Waals surface area (Å²) in [5.41, 5.74) is 0.270. The van der Waals surface area contributed by atoms with E-state index in [0.29, 0.717) is 24.9 Å². The highest BCUT2D eigenvalue weighted by Crippen LogP contribution is 2.19. The molecule has 1 aromatic rings. The maximum absolute atomic E-state index is 11.8. The number of likely N-dealkylation sites (tertiary alicyclic amines) is 1. The van der Waals surface area contributed by atoms with Crippen LogP contribution in [0.15, 0.2) is 30.3 Å². The standard InChI is InChI=1S/C13H12N2O4/c16-12-6-3-9-14(12)13(17)8-7-10-4-1-2-5-11(10)15(18)19/h1-2,4-5,7-8H,3,6,9H2. The lowest BCUT2D eigenvalue weighted by Gasteiger charge is -2.09. The first-order chi connectivity index (χ1) is 9.09. The molecule has 1 saturated heterocycles. The van der Waals surface area contributed by atoms with Gasteiger partial charge in [0.25, 0.3) is 11.6 Å². The Morgan fingerprint density at radius 2 is 2.11 bits per heavy atom. The molecule has 2 rings (SSSR count). The highest BCUT2D eigenvalue weighted by molar-refractivity contribution is 6.03. The predicted octanol–water partition coefficient (Wildman–Crippen LogP) is 1.76. The molecule has 6 nitrogen and oxygen atoms in total. The van der Waals surface area contributed by atoms with Gasteiger partial charge in [-0.15, -0.1) is 0 Å². The second-order valence-electron chi connectivity index (χ2n) is 4.14. The summed E-state index contributed by atoms with van der Waals surface area (Å²) < 4.78 is 0. The number of para-hydroxylation sites is 1. The highest BCUT2D eigenvalue weighted by Gasteiger charge is 2.24. The molecule has 0 saturated carbocycles. The maximum atomic E-state index is 11.8. The zero-order chi connectivity index (χ0) is 13.8. The van der Waals surface area contributed by atoms with E-state index in [-0.39, 0.29) is 11.6 Å². The summed E-state index contributed by atoms with van der Waals surface area (Å²) in [6.07, 6.45) is 3.62. The van der Waals surface area contributed by atoms with E-state index in [4.69, 9.17) is 0 Å². The molecular weight excluding hydrogens is 248 g/mol. The van der Waals surface area contributed by atoms with Crippen LogP contribution in [0.3, 0.4) is 0 Å². The van der Waals surface area contributed by atoms with Crippen LogP contribution in [0.2, 0.25) is 0 Å². The molecule has 0 radical (unpaired) electrons. The van der Waals surface area contributed by atoms with Crippen molar-refractivity contribution in [2.24, 2.45) is 0 Å². The van der Waals surface area contributed by atoms with Crippen molar-refractivity contribution in [3.8, 4) is 0 Å². The van der Waals surface area contributed by atoms with Crippen LogP contribution >= 0.6 is 0 Å². The third-order valence-electron chi connectivity index (χ3n) is 2.88. The minimum absolute atomic E-state index is 0.0701. The van der Waals surface area contributed by atoms with Crippen LogP contribution in [-0.2, 0) is 9.59 Å². The van der Waals surface area contributed by atoms with Gasteiger partial charge in [0, 0.05) is 25.1 Å². The van der Waals surface area contributed by atoms with Crippen LogP contribution in [-0.4, -0.2) is 28.2 Å². The Balaban J connectivity index is 2.17. The largest absolute Gasteiger partial charge is 0.279 e. The van der Waals surface area contributed by atoms with Crippen LogP contribution in [0.4, 0.5) is 5.69 Å². The van der Waals surface area contributed by atoms with Crippen LogP contribution in [0.5, 0.6) is 0 Å². The molecule has 1 heterocycles. The Kier molecular flexibility index (Phi) is 3.70. The molecule has 2 amide bonds. The zero-order valence-electron chi connectivity index (χ0n) is 10.1. The first-order valence-corrected chi connectivity index (χ1v) is 5.85. The molecule has 0 aliphatic carbocycles. The molecule has 0 aromatic heterocycles. The van der Waals surface area contributed by atoms with Gasteiger partial charge in [-0.1, -0.05) is 12.1 Å². The second kappa shape index (κ2) is 5.43. The van der Waals surface area contributed by atoms with E-state index in [0.717, 1.165) is 4.90 Å². The van der Waals surface area contributed by atoms with Gasteiger partial charge < -0.3 is 0 Å². The number of hydrogen-bond donors (Lipinski definition) is 0. The zero-order valence-corrected chi connectivity index (χ0v) is 10.1. The Bertz CT molecular complexity index is 566. The monoisotopic (exact) mass is 260 g/mol. The first kappa shape index (κ1) is 12.9. The molecule has 0 spiro atoms. The lowest BCUT2D eigenvalue weighted by molar-refractivity contribution is -0.385. The minimum atomic E-state index is -0.509. The minimum Gasteiger partial charge on any atom is -0.279 e. The van der Waals surface area contributed by atoms with Gasteiger partial charge in [-0.3, -0.25) is 24.6 Å². The summed E-state index contributed by atoms with van der Waals surface area (Å²) >= 11 is 0. The molecule has 1 aromatic carbocycles. The Hall–Kier alpha value is -2.50. The molecule has 1 aliphatic heterocycles. The van der Waals surface area contributed by atoms with Crippen molar-refractivity contribution in [2.75, 3.05) is 6.54 Å². The van der Waals surface area contributed by atoms with Gasteiger partial charge in [-0.25, -0.2) is 0 Å². The van der Waals surface area contributed by atoms with Gasteiger partial charge in [-0.2, -0.15) is 0 Å². The summed E-state index contributed by atoms with van der Waals surface area (Å²) in [4.78, 5) is 34.6. The molecule has 1 fully saturated rings. The maximum Gasteiger partial charge on any atom is 0.276 e. The predicted molar refractivity (Wildman–Crippen MR) is 68.1 cm³/mol. The van der Waals surface area contributed by atoms with Gasteiger partial charge in [0.2, 0.25) is 5.91 Å². The summed E-state index contributed by atoms with van der Waals surface area (Å²) in [6, 6.07) is 6.12. The number of hydrogen-bond acceptors (Lipinski definition) is 4. The average Bonchev–Trinajstić information content (AvgIpc) is 2.82.